The Balaban J connectivity index is 1.60. The maximum Gasteiger partial charge on any atom is 0.297 e. The fourth-order valence-electron chi connectivity index (χ4n) is 2.25. The molecule has 0 fully saturated rings. The Hall–Kier alpha value is -2.52. The SMILES string of the molecule is COc1ccc(-[n+]2noc([O-])c2SCCC(=O)Nc2ccc(Br)cc2)cc1. The first-order valence-corrected chi connectivity index (χ1v) is 9.76. The summed E-state index contributed by atoms with van der Waals surface area (Å²) in [4.78, 5) is 12.1. The Bertz CT molecular complexity index is 913. The third kappa shape index (κ3) is 5.01. The molecular formula is C18H16BrN3O4S. The normalized spacial score (nSPS) is 10.6. The summed E-state index contributed by atoms with van der Waals surface area (Å²) >= 11 is 4.57. The summed E-state index contributed by atoms with van der Waals surface area (Å²) in [5, 5.41) is 18.8. The number of hydrogen-bond acceptors (Lipinski definition) is 6. The topological polar surface area (TPSA) is 91.3 Å². The number of methoxy groups -OCH3 is 1. The number of hydrogen-bond donors (Lipinski definition) is 1. The van der Waals surface area contributed by atoms with E-state index in [4.69, 9.17) is 9.26 Å². The molecule has 0 aliphatic rings. The van der Waals surface area contributed by atoms with Crippen LogP contribution in [-0.4, -0.2) is 24.0 Å². The van der Waals surface area contributed by atoms with Crippen LogP contribution in [0.25, 0.3) is 5.69 Å². The molecule has 0 bridgehead atoms. The Morgan fingerprint density at radius 1 is 1.26 bits per heavy atom. The first kappa shape index (κ1) is 19.2. The number of aromatic nitrogens is 2. The van der Waals surface area contributed by atoms with Crippen LogP contribution in [0.2, 0.25) is 0 Å². The van der Waals surface area contributed by atoms with Gasteiger partial charge in [-0.05, 0) is 41.1 Å². The fraction of sp³-hybridized carbons (Fsp3) is 0.167. The molecular weight excluding hydrogens is 434 g/mol. The van der Waals surface area contributed by atoms with Gasteiger partial charge in [-0.15, -0.1) is 0 Å². The number of carbonyl (C=O) groups is 1. The average molecular weight is 450 g/mol. The van der Waals surface area contributed by atoms with Crippen molar-refractivity contribution in [1.29, 1.82) is 0 Å². The van der Waals surface area contributed by atoms with Gasteiger partial charge in [-0.25, -0.2) is 0 Å². The third-order valence-corrected chi connectivity index (χ3v) is 5.14. The van der Waals surface area contributed by atoms with Crippen LogP contribution in [0.15, 0.2) is 62.6 Å². The van der Waals surface area contributed by atoms with E-state index in [0.717, 1.165) is 10.2 Å². The molecule has 1 aromatic heterocycles. The van der Waals surface area contributed by atoms with E-state index in [-0.39, 0.29) is 12.3 Å². The van der Waals surface area contributed by atoms with Gasteiger partial charge in [0.1, 0.15) is 5.75 Å². The minimum atomic E-state index is -0.538. The van der Waals surface area contributed by atoms with E-state index in [9.17, 15) is 9.90 Å². The van der Waals surface area contributed by atoms with Crippen LogP contribution in [0.3, 0.4) is 0 Å². The van der Waals surface area contributed by atoms with Crippen molar-refractivity contribution in [3.8, 4) is 17.4 Å². The van der Waals surface area contributed by atoms with Crippen LogP contribution in [0.4, 0.5) is 5.69 Å². The molecule has 7 nitrogen and oxygen atoms in total. The molecule has 1 heterocycles. The van der Waals surface area contributed by atoms with Gasteiger partial charge in [0.15, 0.2) is 5.95 Å². The van der Waals surface area contributed by atoms with Crippen LogP contribution >= 0.6 is 27.7 Å². The van der Waals surface area contributed by atoms with E-state index >= 15 is 0 Å². The van der Waals surface area contributed by atoms with Crippen molar-refractivity contribution in [2.24, 2.45) is 0 Å². The molecule has 1 N–H and O–H groups in total. The summed E-state index contributed by atoms with van der Waals surface area (Å²) in [6.07, 6.45) is 0.244. The Kier molecular flexibility index (Phi) is 6.36. The number of ether oxygens (including phenoxy) is 1. The molecule has 0 aliphatic heterocycles. The van der Waals surface area contributed by atoms with E-state index in [0.29, 0.717) is 22.2 Å². The van der Waals surface area contributed by atoms with Crippen LogP contribution < -0.4 is 19.8 Å². The van der Waals surface area contributed by atoms with Gasteiger partial charge in [0.2, 0.25) is 11.6 Å². The summed E-state index contributed by atoms with van der Waals surface area (Å²) in [6, 6.07) is 14.4. The highest BCUT2D eigenvalue weighted by atomic mass is 79.9. The van der Waals surface area contributed by atoms with E-state index in [2.05, 4.69) is 26.5 Å². The largest absolute Gasteiger partial charge is 0.538 e. The third-order valence-electron chi connectivity index (χ3n) is 3.59. The van der Waals surface area contributed by atoms with Crippen LogP contribution in [-0.2, 0) is 4.79 Å². The standard InChI is InChI=1S/C18H16BrN3O4S/c1-25-15-8-6-14(7-9-15)22-17(18(24)26-21-22)27-11-10-16(23)20-13-4-2-12(19)3-5-13/h2-9H,10-11H2,1H3,(H-,20,21,23,24). The number of nitrogens with one attached hydrogen (secondary N) is 1. The molecule has 140 valence electrons. The maximum absolute atomic E-state index is 12.1. The number of anilines is 1. The van der Waals surface area contributed by atoms with E-state index in [1.165, 1.54) is 16.4 Å². The number of nitrogens with zero attached hydrogens (tertiary/aromatic N) is 2. The van der Waals surface area contributed by atoms with Gasteiger partial charge < -0.3 is 19.7 Å². The molecule has 0 saturated carbocycles. The Morgan fingerprint density at radius 2 is 1.96 bits per heavy atom. The van der Waals surface area contributed by atoms with Gasteiger partial charge in [0, 0.05) is 34.5 Å². The lowest BCUT2D eigenvalue weighted by molar-refractivity contribution is -0.705. The number of halogens is 1. The molecule has 3 aromatic rings. The second kappa shape index (κ2) is 8.92. The minimum absolute atomic E-state index is 0.135. The quantitative estimate of drug-likeness (QED) is 0.440. The van der Waals surface area contributed by atoms with Gasteiger partial charge in [0.05, 0.1) is 12.4 Å². The van der Waals surface area contributed by atoms with Gasteiger partial charge in [0.25, 0.3) is 5.03 Å². The number of amides is 1. The first-order chi connectivity index (χ1) is 13.1. The zero-order chi connectivity index (χ0) is 19.2. The summed E-state index contributed by atoms with van der Waals surface area (Å²) in [7, 11) is 1.58. The predicted octanol–water partition coefficient (Wildman–Crippen LogP) is 2.92. The van der Waals surface area contributed by atoms with Crippen LogP contribution in [0, 0.1) is 0 Å². The molecule has 27 heavy (non-hydrogen) atoms. The van der Waals surface area contributed by atoms with Crippen molar-refractivity contribution < 1.29 is 23.8 Å². The van der Waals surface area contributed by atoms with E-state index in [1.807, 2.05) is 24.3 Å². The summed E-state index contributed by atoms with van der Waals surface area (Å²) in [5.74, 6) is 0.437. The number of rotatable bonds is 7. The molecule has 2 aromatic carbocycles. The lowest BCUT2D eigenvalue weighted by atomic mass is 10.3. The number of carbonyl (C=O) groups excluding carboxylic acids is 1. The smallest absolute Gasteiger partial charge is 0.297 e. The fourth-order valence-corrected chi connectivity index (χ4v) is 3.41. The highest BCUT2D eigenvalue weighted by molar-refractivity contribution is 9.10. The lowest BCUT2D eigenvalue weighted by Gasteiger charge is -2.04. The van der Waals surface area contributed by atoms with Gasteiger partial charge in [-0.2, -0.15) is 0 Å². The van der Waals surface area contributed by atoms with Crippen molar-refractivity contribution in [2.45, 2.75) is 11.4 Å². The Morgan fingerprint density at radius 3 is 2.63 bits per heavy atom. The molecule has 0 aliphatic carbocycles. The van der Waals surface area contributed by atoms with Crippen LogP contribution in [0.1, 0.15) is 6.42 Å². The first-order valence-electron chi connectivity index (χ1n) is 7.98. The van der Waals surface area contributed by atoms with Crippen molar-refractivity contribution in [3.05, 3.63) is 53.0 Å². The molecule has 9 heteroatoms. The lowest BCUT2D eigenvalue weighted by Crippen LogP contribution is -2.34. The summed E-state index contributed by atoms with van der Waals surface area (Å²) in [5.41, 5.74) is 1.39. The zero-order valence-corrected chi connectivity index (χ0v) is 16.7. The summed E-state index contributed by atoms with van der Waals surface area (Å²) in [6.45, 7) is 0. The van der Waals surface area contributed by atoms with Gasteiger partial charge in [-0.3, -0.25) is 4.79 Å². The van der Waals surface area contributed by atoms with Crippen molar-refractivity contribution in [2.75, 3.05) is 18.2 Å². The number of thioether (sulfide) groups is 1. The summed E-state index contributed by atoms with van der Waals surface area (Å²) < 4.78 is 12.2. The molecule has 0 radical (unpaired) electrons. The maximum atomic E-state index is 12.1. The highest BCUT2D eigenvalue weighted by Crippen LogP contribution is 2.24. The minimum Gasteiger partial charge on any atom is -0.538 e. The highest BCUT2D eigenvalue weighted by Gasteiger charge is 2.21. The molecule has 0 atom stereocenters. The van der Waals surface area contributed by atoms with Gasteiger partial charge in [-0.1, -0.05) is 27.7 Å². The average Bonchev–Trinajstić information content (AvgIpc) is 3.04. The Labute approximate surface area is 168 Å². The molecule has 0 saturated heterocycles. The second-order valence-electron chi connectivity index (χ2n) is 5.43. The van der Waals surface area contributed by atoms with E-state index < -0.39 is 5.95 Å². The second-order valence-corrected chi connectivity index (χ2v) is 7.43. The van der Waals surface area contributed by atoms with E-state index in [1.54, 1.807) is 31.4 Å². The van der Waals surface area contributed by atoms with Gasteiger partial charge >= 0.3 is 0 Å². The van der Waals surface area contributed by atoms with Crippen molar-refractivity contribution in [3.63, 3.8) is 0 Å². The molecule has 1 amide bonds. The van der Waals surface area contributed by atoms with Crippen molar-refractivity contribution in [1.82, 2.24) is 5.27 Å². The van der Waals surface area contributed by atoms with Crippen LogP contribution in [0.5, 0.6) is 11.7 Å². The predicted molar refractivity (Wildman–Crippen MR) is 102 cm³/mol. The van der Waals surface area contributed by atoms with Crippen molar-refractivity contribution >= 4 is 39.3 Å². The monoisotopic (exact) mass is 449 g/mol. The molecule has 0 spiro atoms. The molecule has 3 rings (SSSR count). The molecule has 0 unspecified atom stereocenters. The number of benzene rings is 2. The zero-order valence-electron chi connectivity index (χ0n) is 14.3.